The summed E-state index contributed by atoms with van der Waals surface area (Å²) in [5.41, 5.74) is 3.57. The van der Waals surface area contributed by atoms with Crippen molar-refractivity contribution in [2.75, 3.05) is 12.0 Å². The van der Waals surface area contributed by atoms with Crippen molar-refractivity contribution >= 4 is 10.8 Å². The zero-order valence-corrected chi connectivity index (χ0v) is 13.1. The molecular weight excluding hydrogens is 246 g/mol. The Morgan fingerprint density at radius 1 is 1.39 bits per heavy atom. The van der Waals surface area contributed by atoms with Gasteiger partial charge in [-0.05, 0) is 34.1 Å². The van der Waals surface area contributed by atoms with Crippen molar-refractivity contribution in [3.8, 4) is 0 Å². The monoisotopic (exact) mass is 271 g/mol. The molecule has 1 aromatic rings. The summed E-state index contributed by atoms with van der Waals surface area (Å²) in [6.45, 7) is 8.45. The van der Waals surface area contributed by atoms with Crippen LogP contribution in [0.3, 0.4) is 0 Å². The Morgan fingerprint density at radius 2 is 2.00 bits per heavy atom. The molecule has 1 aromatic heterocycles. The van der Waals surface area contributed by atoms with Gasteiger partial charge < -0.3 is 5.32 Å². The standard InChI is InChI=1S/C13H25N3OS/c1-9(7-8-18(6)17)14-10(2)13-11(3)15-16(5)12(13)4/h9-10,14H,7-8H2,1-6H3. The van der Waals surface area contributed by atoms with Crippen LogP contribution in [0.4, 0.5) is 0 Å². The molecule has 1 heterocycles. The zero-order chi connectivity index (χ0) is 13.9. The molecule has 0 bridgehead atoms. The molecule has 0 fully saturated rings. The predicted octanol–water partition coefficient (Wildman–Crippen LogP) is 1.84. The fourth-order valence-corrected chi connectivity index (χ4v) is 3.04. The number of nitrogens with one attached hydrogen (secondary N) is 1. The molecule has 0 radical (unpaired) electrons. The molecule has 0 aliphatic heterocycles. The van der Waals surface area contributed by atoms with E-state index in [0.29, 0.717) is 6.04 Å². The molecule has 3 atom stereocenters. The number of aryl methyl sites for hydroxylation is 2. The molecule has 0 aromatic carbocycles. The van der Waals surface area contributed by atoms with Crippen LogP contribution < -0.4 is 5.32 Å². The molecule has 0 aliphatic rings. The Bertz CT molecular complexity index is 428. The molecule has 1 N–H and O–H groups in total. The largest absolute Gasteiger partial charge is 0.308 e. The minimum absolute atomic E-state index is 0.277. The van der Waals surface area contributed by atoms with Crippen LogP contribution in [0.15, 0.2) is 0 Å². The second kappa shape index (κ2) is 6.48. The molecule has 3 unspecified atom stereocenters. The Morgan fingerprint density at radius 3 is 2.44 bits per heavy atom. The number of hydrogen-bond acceptors (Lipinski definition) is 3. The van der Waals surface area contributed by atoms with E-state index in [0.717, 1.165) is 17.9 Å². The lowest BCUT2D eigenvalue weighted by atomic mass is 10.1. The molecule has 18 heavy (non-hydrogen) atoms. The van der Waals surface area contributed by atoms with E-state index in [1.54, 1.807) is 6.26 Å². The minimum Gasteiger partial charge on any atom is -0.308 e. The van der Waals surface area contributed by atoms with E-state index in [9.17, 15) is 4.21 Å². The molecule has 5 heteroatoms. The van der Waals surface area contributed by atoms with E-state index >= 15 is 0 Å². The van der Waals surface area contributed by atoms with E-state index in [-0.39, 0.29) is 6.04 Å². The fraction of sp³-hybridized carbons (Fsp3) is 0.769. The molecular formula is C13H25N3OS. The third-order valence-corrected chi connectivity index (χ3v) is 4.18. The SMILES string of the molecule is Cc1nn(C)c(C)c1C(C)NC(C)CCS(C)=O. The number of rotatable bonds is 6. The molecule has 0 aliphatic carbocycles. The van der Waals surface area contributed by atoms with Gasteiger partial charge in [0, 0.05) is 53.2 Å². The third-order valence-electron chi connectivity index (χ3n) is 3.37. The Kier molecular flexibility index (Phi) is 5.53. The minimum atomic E-state index is -0.707. The molecule has 4 nitrogen and oxygen atoms in total. The van der Waals surface area contributed by atoms with E-state index in [1.807, 2.05) is 18.7 Å². The summed E-state index contributed by atoms with van der Waals surface area (Å²) in [6, 6.07) is 0.641. The first kappa shape index (κ1) is 15.4. The van der Waals surface area contributed by atoms with E-state index in [4.69, 9.17) is 0 Å². The van der Waals surface area contributed by atoms with Gasteiger partial charge in [0.05, 0.1) is 5.69 Å². The maximum Gasteiger partial charge on any atom is 0.0644 e. The average molecular weight is 271 g/mol. The van der Waals surface area contributed by atoms with Crippen LogP contribution in [0.5, 0.6) is 0 Å². The summed E-state index contributed by atoms with van der Waals surface area (Å²) in [5, 5.41) is 8.00. The van der Waals surface area contributed by atoms with Crippen LogP contribution in [0, 0.1) is 13.8 Å². The highest BCUT2D eigenvalue weighted by Gasteiger charge is 2.17. The van der Waals surface area contributed by atoms with Gasteiger partial charge >= 0.3 is 0 Å². The van der Waals surface area contributed by atoms with Gasteiger partial charge in [0.2, 0.25) is 0 Å². The zero-order valence-electron chi connectivity index (χ0n) is 12.3. The second-order valence-corrected chi connectivity index (χ2v) is 6.62. The normalized spacial score (nSPS) is 16.6. The maximum absolute atomic E-state index is 11.1. The lowest BCUT2D eigenvalue weighted by Gasteiger charge is -2.20. The summed E-state index contributed by atoms with van der Waals surface area (Å²) < 4.78 is 13.0. The van der Waals surface area contributed by atoms with Crippen LogP contribution in [0.1, 0.15) is 43.3 Å². The molecule has 0 amide bonds. The number of nitrogens with zero attached hydrogens (tertiary/aromatic N) is 2. The molecule has 104 valence electrons. The van der Waals surface area contributed by atoms with Crippen LogP contribution in [-0.2, 0) is 17.8 Å². The van der Waals surface area contributed by atoms with Crippen LogP contribution in [-0.4, -0.2) is 32.0 Å². The van der Waals surface area contributed by atoms with Gasteiger partial charge in [-0.2, -0.15) is 5.10 Å². The van der Waals surface area contributed by atoms with Gasteiger partial charge in [-0.15, -0.1) is 0 Å². The Hall–Kier alpha value is -0.680. The highest BCUT2D eigenvalue weighted by molar-refractivity contribution is 7.84. The second-order valence-electron chi connectivity index (χ2n) is 5.06. The molecule has 0 saturated heterocycles. The van der Waals surface area contributed by atoms with Crippen molar-refractivity contribution in [3.63, 3.8) is 0 Å². The Labute approximate surface area is 113 Å². The predicted molar refractivity (Wildman–Crippen MR) is 77.2 cm³/mol. The first-order valence-corrected chi connectivity index (χ1v) is 8.11. The van der Waals surface area contributed by atoms with Gasteiger partial charge in [0.25, 0.3) is 0 Å². The summed E-state index contributed by atoms with van der Waals surface area (Å²) in [7, 11) is 1.27. The first-order chi connectivity index (χ1) is 8.32. The maximum atomic E-state index is 11.1. The topological polar surface area (TPSA) is 46.9 Å². The number of hydrogen-bond donors (Lipinski definition) is 1. The van der Waals surface area contributed by atoms with Crippen molar-refractivity contribution in [2.24, 2.45) is 7.05 Å². The Balaban J connectivity index is 2.64. The van der Waals surface area contributed by atoms with Crippen molar-refractivity contribution in [3.05, 3.63) is 17.0 Å². The molecule has 0 saturated carbocycles. The quantitative estimate of drug-likeness (QED) is 0.859. The fourth-order valence-electron chi connectivity index (χ4n) is 2.35. The van der Waals surface area contributed by atoms with Crippen LogP contribution in [0.25, 0.3) is 0 Å². The van der Waals surface area contributed by atoms with Crippen molar-refractivity contribution in [2.45, 2.75) is 46.2 Å². The smallest absolute Gasteiger partial charge is 0.0644 e. The van der Waals surface area contributed by atoms with Gasteiger partial charge in [-0.1, -0.05) is 0 Å². The number of aromatic nitrogens is 2. The highest BCUT2D eigenvalue weighted by atomic mass is 32.2. The molecule has 0 spiro atoms. The lowest BCUT2D eigenvalue weighted by molar-refractivity contribution is 0.467. The van der Waals surface area contributed by atoms with E-state index in [2.05, 4.69) is 31.2 Å². The van der Waals surface area contributed by atoms with Crippen molar-refractivity contribution in [1.82, 2.24) is 15.1 Å². The van der Waals surface area contributed by atoms with E-state index in [1.165, 1.54) is 11.3 Å². The lowest BCUT2D eigenvalue weighted by Crippen LogP contribution is -2.30. The summed E-state index contributed by atoms with van der Waals surface area (Å²) in [4.78, 5) is 0. The van der Waals surface area contributed by atoms with Crippen molar-refractivity contribution in [1.29, 1.82) is 0 Å². The van der Waals surface area contributed by atoms with Gasteiger partial charge in [-0.25, -0.2) is 0 Å². The summed E-state index contributed by atoms with van der Waals surface area (Å²) in [6.07, 6.45) is 2.69. The van der Waals surface area contributed by atoms with Crippen molar-refractivity contribution < 1.29 is 4.21 Å². The van der Waals surface area contributed by atoms with E-state index < -0.39 is 10.8 Å². The third kappa shape index (κ3) is 3.92. The average Bonchev–Trinajstić information content (AvgIpc) is 2.50. The van der Waals surface area contributed by atoms with Crippen LogP contribution in [0.2, 0.25) is 0 Å². The van der Waals surface area contributed by atoms with Gasteiger partial charge in [0.1, 0.15) is 0 Å². The van der Waals surface area contributed by atoms with Gasteiger partial charge in [0.15, 0.2) is 0 Å². The van der Waals surface area contributed by atoms with Crippen LogP contribution >= 0.6 is 0 Å². The highest BCUT2D eigenvalue weighted by Crippen LogP contribution is 2.21. The summed E-state index contributed by atoms with van der Waals surface area (Å²) >= 11 is 0. The summed E-state index contributed by atoms with van der Waals surface area (Å²) in [5.74, 6) is 0.756. The van der Waals surface area contributed by atoms with Gasteiger partial charge in [-0.3, -0.25) is 8.89 Å². The first-order valence-electron chi connectivity index (χ1n) is 6.39. The molecule has 1 rings (SSSR count).